The molecule has 0 aromatic rings. The topological polar surface area (TPSA) is 37.3 Å². The number of hydrogen-bond acceptors (Lipinski definition) is 1. The summed E-state index contributed by atoms with van der Waals surface area (Å²) in [6, 6.07) is 0. The monoisotopic (exact) mass is 200 g/mol. The van der Waals surface area contributed by atoms with Crippen molar-refractivity contribution in [2.24, 2.45) is 5.92 Å². The standard InChI is InChI=1S/C9H18O2.C3H6/c1-3-5-7-8(6-4-2)9(10)11;1-3-2/h8H,3-7H2,1-2H3,(H,10,11);3H,1H2,2H3. The zero-order chi connectivity index (χ0) is 11.4. The molecular formula is C12H24O2. The van der Waals surface area contributed by atoms with Crippen molar-refractivity contribution in [3.8, 4) is 0 Å². The Hall–Kier alpha value is -0.790. The zero-order valence-electron chi connectivity index (χ0n) is 9.75. The summed E-state index contributed by atoms with van der Waals surface area (Å²) in [4.78, 5) is 10.6. The minimum absolute atomic E-state index is 0.0973. The van der Waals surface area contributed by atoms with Crippen LogP contribution in [0.1, 0.15) is 52.9 Å². The Morgan fingerprint density at radius 2 is 1.86 bits per heavy atom. The van der Waals surface area contributed by atoms with E-state index in [0.29, 0.717) is 0 Å². The third kappa shape index (κ3) is 11.2. The van der Waals surface area contributed by atoms with Gasteiger partial charge in [-0.3, -0.25) is 4.79 Å². The summed E-state index contributed by atoms with van der Waals surface area (Å²) in [5, 5.41) is 8.73. The van der Waals surface area contributed by atoms with Crippen molar-refractivity contribution < 1.29 is 9.90 Å². The molecular weight excluding hydrogens is 176 g/mol. The van der Waals surface area contributed by atoms with Crippen molar-refractivity contribution in [2.75, 3.05) is 0 Å². The summed E-state index contributed by atoms with van der Waals surface area (Å²) in [7, 11) is 0. The van der Waals surface area contributed by atoms with Crippen LogP contribution in [0.15, 0.2) is 12.7 Å². The van der Waals surface area contributed by atoms with Crippen molar-refractivity contribution in [1.29, 1.82) is 0 Å². The number of allylic oxidation sites excluding steroid dienone is 1. The number of carbonyl (C=O) groups is 1. The van der Waals surface area contributed by atoms with Crippen molar-refractivity contribution in [3.05, 3.63) is 12.7 Å². The van der Waals surface area contributed by atoms with Crippen LogP contribution in [0, 0.1) is 5.92 Å². The molecule has 0 aromatic carbocycles. The second-order valence-electron chi connectivity index (χ2n) is 3.37. The number of aliphatic carboxylic acids is 1. The van der Waals surface area contributed by atoms with Gasteiger partial charge in [-0.2, -0.15) is 0 Å². The Labute approximate surface area is 88.0 Å². The van der Waals surface area contributed by atoms with Crippen LogP contribution in [0.25, 0.3) is 0 Å². The van der Waals surface area contributed by atoms with Gasteiger partial charge in [-0.25, -0.2) is 0 Å². The summed E-state index contributed by atoms with van der Waals surface area (Å²) >= 11 is 0. The third-order valence-corrected chi connectivity index (χ3v) is 1.89. The second kappa shape index (κ2) is 12.2. The summed E-state index contributed by atoms with van der Waals surface area (Å²) in [5.41, 5.74) is 0. The molecule has 0 spiro atoms. The molecule has 0 rings (SSSR count). The van der Waals surface area contributed by atoms with Gasteiger partial charge in [0.2, 0.25) is 0 Å². The maximum atomic E-state index is 10.6. The molecule has 2 heteroatoms. The van der Waals surface area contributed by atoms with E-state index in [1.165, 1.54) is 0 Å². The highest BCUT2D eigenvalue weighted by molar-refractivity contribution is 5.69. The van der Waals surface area contributed by atoms with E-state index < -0.39 is 5.97 Å². The van der Waals surface area contributed by atoms with Gasteiger partial charge in [0.05, 0.1) is 5.92 Å². The Morgan fingerprint density at radius 3 is 2.14 bits per heavy atom. The van der Waals surface area contributed by atoms with Gasteiger partial charge in [0.1, 0.15) is 0 Å². The quantitative estimate of drug-likeness (QED) is 0.661. The molecule has 0 saturated carbocycles. The lowest BCUT2D eigenvalue weighted by Crippen LogP contribution is -2.12. The number of carboxylic acids is 1. The van der Waals surface area contributed by atoms with Crippen LogP contribution >= 0.6 is 0 Å². The van der Waals surface area contributed by atoms with Crippen LogP contribution in [-0.2, 0) is 4.79 Å². The Balaban J connectivity index is 0. The number of unbranched alkanes of at least 4 members (excludes halogenated alkanes) is 1. The molecule has 1 unspecified atom stereocenters. The minimum atomic E-state index is -0.625. The predicted molar refractivity (Wildman–Crippen MR) is 61.4 cm³/mol. The first-order valence-corrected chi connectivity index (χ1v) is 5.43. The Kier molecular flexibility index (Phi) is 13.7. The van der Waals surface area contributed by atoms with Gasteiger partial charge < -0.3 is 5.11 Å². The highest BCUT2D eigenvalue weighted by Crippen LogP contribution is 2.14. The minimum Gasteiger partial charge on any atom is -0.481 e. The predicted octanol–water partition coefficient (Wildman–Crippen LogP) is 3.87. The molecule has 0 aromatic heterocycles. The summed E-state index contributed by atoms with van der Waals surface area (Å²) in [5.74, 6) is -0.722. The van der Waals surface area contributed by atoms with E-state index in [2.05, 4.69) is 13.5 Å². The van der Waals surface area contributed by atoms with E-state index in [9.17, 15) is 4.79 Å². The highest BCUT2D eigenvalue weighted by Gasteiger charge is 2.14. The Bertz CT molecular complexity index is 141. The van der Waals surface area contributed by atoms with Gasteiger partial charge in [0.25, 0.3) is 0 Å². The molecule has 0 radical (unpaired) electrons. The second-order valence-corrected chi connectivity index (χ2v) is 3.37. The van der Waals surface area contributed by atoms with E-state index in [1.54, 1.807) is 6.08 Å². The lowest BCUT2D eigenvalue weighted by atomic mass is 9.97. The fourth-order valence-corrected chi connectivity index (χ4v) is 1.19. The molecule has 0 amide bonds. The summed E-state index contributed by atoms with van der Waals surface area (Å²) < 4.78 is 0. The average molecular weight is 200 g/mol. The highest BCUT2D eigenvalue weighted by atomic mass is 16.4. The molecule has 0 aliphatic carbocycles. The normalized spacial score (nSPS) is 11.1. The van der Waals surface area contributed by atoms with Gasteiger partial charge >= 0.3 is 5.97 Å². The van der Waals surface area contributed by atoms with Crippen LogP contribution in [0.2, 0.25) is 0 Å². The molecule has 1 N–H and O–H groups in total. The fourth-order valence-electron chi connectivity index (χ4n) is 1.19. The van der Waals surface area contributed by atoms with Crippen LogP contribution in [-0.4, -0.2) is 11.1 Å². The molecule has 0 aliphatic rings. The number of carboxylic acid groups (broad SMARTS) is 1. The van der Waals surface area contributed by atoms with Crippen molar-refractivity contribution in [3.63, 3.8) is 0 Å². The lowest BCUT2D eigenvalue weighted by Gasteiger charge is -2.08. The van der Waals surface area contributed by atoms with Gasteiger partial charge in [0, 0.05) is 0 Å². The van der Waals surface area contributed by atoms with Crippen LogP contribution in [0.4, 0.5) is 0 Å². The average Bonchev–Trinajstić information content (AvgIpc) is 2.13. The van der Waals surface area contributed by atoms with Crippen molar-refractivity contribution in [2.45, 2.75) is 52.9 Å². The lowest BCUT2D eigenvalue weighted by molar-refractivity contribution is -0.142. The SMILES string of the molecule is C=CC.CCCCC(CCC)C(=O)O. The van der Waals surface area contributed by atoms with E-state index in [-0.39, 0.29) is 5.92 Å². The summed E-state index contributed by atoms with van der Waals surface area (Å²) in [6.45, 7) is 9.37. The van der Waals surface area contributed by atoms with Gasteiger partial charge in [-0.1, -0.05) is 39.2 Å². The van der Waals surface area contributed by atoms with E-state index in [1.807, 2.05) is 13.8 Å². The molecule has 0 aliphatic heterocycles. The third-order valence-electron chi connectivity index (χ3n) is 1.89. The van der Waals surface area contributed by atoms with Crippen LogP contribution < -0.4 is 0 Å². The van der Waals surface area contributed by atoms with Crippen LogP contribution in [0.3, 0.4) is 0 Å². The maximum absolute atomic E-state index is 10.6. The van der Waals surface area contributed by atoms with E-state index >= 15 is 0 Å². The zero-order valence-corrected chi connectivity index (χ0v) is 9.75. The molecule has 84 valence electrons. The van der Waals surface area contributed by atoms with Gasteiger partial charge in [-0.05, 0) is 19.8 Å². The molecule has 0 bridgehead atoms. The molecule has 14 heavy (non-hydrogen) atoms. The molecule has 2 nitrogen and oxygen atoms in total. The number of hydrogen-bond donors (Lipinski definition) is 1. The van der Waals surface area contributed by atoms with E-state index in [4.69, 9.17) is 5.11 Å². The Morgan fingerprint density at radius 1 is 1.36 bits per heavy atom. The van der Waals surface area contributed by atoms with Crippen molar-refractivity contribution in [1.82, 2.24) is 0 Å². The largest absolute Gasteiger partial charge is 0.481 e. The molecule has 0 saturated heterocycles. The fraction of sp³-hybridized carbons (Fsp3) is 0.750. The van der Waals surface area contributed by atoms with Gasteiger partial charge in [0.15, 0.2) is 0 Å². The smallest absolute Gasteiger partial charge is 0.306 e. The summed E-state index contributed by atoms with van der Waals surface area (Å²) in [6.07, 6.45) is 6.53. The molecule has 0 fully saturated rings. The first kappa shape index (κ1) is 15.7. The maximum Gasteiger partial charge on any atom is 0.306 e. The molecule has 0 heterocycles. The molecule has 1 atom stereocenters. The van der Waals surface area contributed by atoms with E-state index in [0.717, 1.165) is 32.1 Å². The number of rotatable bonds is 6. The van der Waals surface area contributed by atoms with Gasteiger partial charge in [-0.15, -0.1) is 6.58 Å². The first-order valence-electron chi connectivity index (χ1n) is 5.43. The van der Waals surface area contributed by atoms with Crippen molar-refractivity contribution >= 4 is 5.97 Å². The van der Waals surface area contributed by atoms with Crippen LogP contribution in [0.5, 0.6) is 0 Å². The first-order chi connectivity index (χ1) is 6.63.